The Hall–Kier alpha value is -1.13. The number of para-hydroxylation sites is 1. The van der Waals surface area contributed by atoms with Crippen LogP contribution in [0.5, 0.6) is 0 Å². The molecule has 1 atom stereocenters. The van der Waals surface area contributed by atoms with Gasteiger partial charge in [0, 0.05) is 27.8 Å². The summed E-state index contributed by atoms with van der Waals surface area (Å²) >= 11 is 8.96. The first-order valence-corrected chi connectivity index (χ1v) is 7.40. The van der Waals surface area contributed by atoms with Crippen LogP contribution in [0.15, 0.2) is 34.8 Å². The molecular formula is C15H11BrClF2N. The van der Waals surface area contributed by atoms with Crippen LogP contribution in [0.4, 0.5) is 14.5 Å². The number of rotatable bonds is 2. The molecule has 0 radical (unpaired) electrons. The van der Waals surface area contributed by atoms with Crippen LogP contribution >= 0.6 is 27.5 Å². The molecule has 104 valence electrons. The van der Waals surface area contributed by atoms with Gasteiger partial charge in [0.05, 0.1) is 5.02 Å². The van der Waals surface area contributed by atoms with Gasteiger partial charge in [0.2, 0.25) is 0 Å². The second kappa shape index (κ2) is 5.34. The summed E-state index contributed by atoms with van der Waals surface area (Å²) in [6, 6.07) is 8.41. The van der Waals surface area contributed by atoms with Crippen LogP contribution in [0.2, 0.25) is 5.02 Å². The maximum Gasteiger partial charge on any atom is 0.155 e. The Balaban J connectivity index is 2.08. The van der Waals surface area contributed by atoms with Crippen molar-refractivity contribution in [2.75, 3.05) is 11.9 Å². The quantitative estimate of drug-likeness (QED) is 0.721. The summed E-state index contributed by atoms with van der Waals surface area (Å²) in [7, 11) is 0. The van der Waals surface area contributed by atoms with E-state index in [9.17, 15) is 8.78 Å². The fourth-order valence-corrected chi connectivity index (χ4v) is 2.96. The molecule has 0 bridgehead atoms. The Bertz CT molecular complexity index is 675. The predicted octanol–water partition coefficient (Wildman–Crippen LogP) is 5.27. The highest BCUT2D eigenvalue weighted by Crippen LogP contribution is 2.39. The molecule has 0 saturated carbocycles. The van der Waals surface area contributed by atoms with Gasteiger partial charge >= 0.3 is 0 Å². The molecule has 0 aromatic heterocycles. The highest BCUT2D eigenvalue weighted by Gasteiger charge is 2.25. The highest BCUT2D eigenvalue weighted by atomic mass is 79.9. The van der Waals surface area contributed by atoms with Crippen molar-refractivity contribution >= 4 is 33.2 Å². The van der Waals surface area contributed by atoms with Crippen molar-refractivity contribution in [1.29, 1.82) is 0 Å². The molecule has 2 aromatic carbocycles. The van der Waals surface area contributed by atoms with Crippen LogP contribution in [0, 0.1) is 5.82 Å². The number of fused-ring (bicyclic) bond motifs is 1. The predicted molar refractivity (Wildman–Crippen MR) is 80.7 cm³/mol. The van der Waals surface area contributed by atoms with Crippen LogP contribution in [-0.2, 0) is 6.42 Å². The minimum atomic E-state index is -1.54. The third-order valence-electron chi connectivity index (χ3n) is 3.49. The number of benzene rings is 2. The molecule has 2 aromatic rings. The molecule has 1 heterocycles. The summed E-state index contributed by atoms with van der Waals surface area (Å²) in [5.41, 5.74) is 2.25. The van der Waals surface area contributed by atoms with Crippen molar-refractivity contribution < 1.29 is 8.78 Å². The summed E-state index contributed by atoms with van der Waals surface area (Å²) in [4.78, 5) is 0. The van der Waals surface area contributed by atoms with Gasteiger partial charge in [0.25, 0.3) is 0 Å². The van der Waals surface area contributed by atoms with Crippen LogP contribution in [0.1, 0.15) is 22.9 Å². The highest BCUT2D eigenvalue weighted by molar-refractivity contribution is 9.10. The zero-order valence-corrected chi connectivity index (χ0v) is 12.7. The molecule has 1 aliphatic heterocycles. The van der Waals surface area contributed by atoms with Gasteiger partial charge in [-0.15, -0.1) is 0 Å². The molecule has 20 heavy (non-hydrogen) atoms. The Labute approximate surface area is 129 Å². The van der Waals surface area contributed by atoms with Gasteiger partial charge in [-0.2, -0.15) is 0 Å². The summed E-state index contributed by atoms with van der Waals surface area (Å²) < 4.78 is 29.3. The topological polar surface area (TPSA) is 12.0 Å². The van der Waals surface area contributed by atoms with Crippen molar-refractivity contribution in [3.05, 3.63) is 62.3 Å². The molecule has 1 N–H and O–H groups in total. The molecular weight excluding hydrogens is 348 g/mol. The van der Waals surface area contributed by atoms with E-state index in [4.69, 9.17) is 11.6 Å². The van der Waals surface area contributed by atoms with Crippen LogP contribution in [-0.4, -0.2) is 6.54 Å². The van der Waals surface area contributed by atoms with Gasteiger partial charge in [0.1, 0.15) is 5.82 Å². The number of hydrogen-bond acceptors (Lipinski definition) is 1. The number of nitrogens with one attached hydrogen (secondary N) is 1. The van der Waals surface area contributed by atoms with E-state index in [-0.39, 0.29) is 10.6 Å². The van der Waals surface area contributed by atoms with Gasteiger partial charge in [-0.1, -0.05) is 35.9 Å². The zero-order valence-electron chi connectivity index (χ0n) is 10.4. The lowest BCUT2D eigenvalue weighted by Gasteiger charge is -2.15. The molecule has 0 saturated heterocycles. The van der Waals surface area contributed by atoms with E-state index in [2.05, 4.69) is 21.2 Å². The molecule has 0 spiro atoms. The van der Waals surface area contributed by atoms with Crippen LogP contribution in [0.3, 0.4) is 0 Å². The lowest BCUT2D eigenvalue weighted by Crippen LogP contribution is -2.03. The maximum absolute atomic E-state index is 14.7. The molecule has 0 fully saturated rings. The fourth-order valence-electron chi connectivity index (χ4n) is 2.48. The Kier molecular flexibility index (Phi) is 3.69. The van der Waals surface area contributed by atoms with Crippen molar-refractivity contribution in [2.24, 2.45) is 0 Å². The summed E-state index contributed by atoms with van der Waals surface area (Å²) in [5.74, 6) is -0.718. The van der Waals surface area contributed by atoms with E-state index < -0.39 is 12.0 Å². The lowest BCUT2D eigenvalue weighted by molar-refractivity contribution is 0.388. The standard InChI is InChI=1S/C15H11BrClF2N/c16-11-5-4-9(14(19)12(11)17)13(18)10-3-1-2-8-6-7-20-15(8)10/h1-5,13,20H,6-7H2. The number of hydrogen-bond donors (Lipinski definition) is 1. The van der Waals surface area contributed by atoms with Gasteiger partial charge in [-0.25, -0.2) is 8.78 Å². The van der Waals surface area contributed by atoms with Crippen LogP contribution in [0.25, 0.3) is 0 Å². The molecule has 3 rings (SSSR count). The first kappa shape index (κ1) is 13.8. The van der Waals surface area contributed by atoms with Crippen molar-refractivity contribution in [2.45, 2.75) is 12.6 Å². The molecule has 5 heteroatoms. The number of anilines is 1. The van der Waals surface area contributed by atoms with E-state index in [1.807, 2.05) is 6.07 Å². The number of alkyl halides is 1. The Morgan fingerprint density at radius 1 is 1.20 bits per heavy atom. The summed E-state index contributed by atoms with van der Waals surface area (Å²) in [6.45, 7) is 0.780. The van der Waals surface area contributed by atoms with E-state index in [0.29, 0.717) is 10.0 Å². The molecule has 1 aliphatic rings. The van der Waals surface area contributed by atoms with Gasteiger partial charge in [0.15, 0.2) is 6.17 Å². The third-order valence-corrected chi connectivity index (χ3v) is 4.75. The van der Waals surface area contributed by atoms with E-state index in [0.717, 1.165) is 24.2 Å². The number of halogens is 4. The Morgan fingerprint density at radius 3 is 2.80 bits per heavy atom. The normalized spacial score (nSPS) is 14.8. The van der Waals surface area contributed by atoms with E-state index in [1.165, 1.54) is 6.07 Å². The smallest absolute Gasteiger partial charge is 0.155 e. The molecule has 1 unspecified atom stereocenters. The first-order chi connectivity index (χ1) is 9.59. The maximum atomic E-state index is 14.7. The van der Waals surface area contributed by atoms with Gasteiger partial charge in [-0.3, -0.25) is 0 Å². The summed E-state index contributed by atoms with van der Waals surface area (Å²) in [5, 5.41) is 3.07. The lowest BCUT2D eigenvalue weighted by atomic mass is 9.98. The zero-order chi connectivity index (χ0) is 14.3. The van der Waals surface area contributed by atoms with Crippen molar-refractivity contribution in [1.82, 2.24) is 0 Å². The third kappa shape index (κ3) is 2.21. The molecule has 0 amide bonds. The SMILES string of the molecule is Fc1c(C(F)c2cccc3c2NCC3)ccc(Br)c1Cl. The van der Waals surface area contributed by atoms with E-state index >= 15 is 0 Å². The minimum absolute atomic E-state index is 0.0414. The Morgan fingerprint density at radius 2 is 2.00 bits per heavy atom. The first-order valence-electron chi connectivity index (χ1n) is 6.22. The monoisotopic (exact) mass is 357 g/mol. The second-order valence-corrected chi connectivity index (χ2v) is 5.92. The van der Waals surface area contributed by atoms with Crippen molar-refractivity contribution in [3.63, 3.8) is 0 Å². The van der Waals surface area contributed by atoms with Gasteiger partial charge < -0.3 is 5.32 Å². The molecule has 0 aliphatic carbocycles. The summed E-state index contributed by atoms with van der Waals surface area (Å²) in [6.07, 6.45) is -0.680. The fraction of sp³-hybridized carbons (Fsp3) is 0.200. The second-order valence-electron chi connectivity index (χ2n) is 4.69. The van der Waals surface area contributed by atoms with Crippen molar-refractivity contribution in [3.8, 4) is 0 Å². The van der Waals surface area contributed by atoms with Crippen LogP contribution < -0.4 is 5.32 Å². The largest absolute Gasteiger partial charge is 0.384 e. The average Bonchev–Trinajstić information content (AvgIpc) is 2.92. The minimum Gasteiger partial charge on any atom is -0.384 e. The molecule has 1 nitrogen and oxygen atoms in total. The van der Waals surface area contributed by atoms with E-state index in [1.54, 1.807) is 18.2 Å². The van der Waals surface area contributed by atoms with Gasteiger partial charge in [-0.05, 0) is 34.0 Å². The average molecular weight is 359 g/mol.